The molecule has 126 valence electrons. The van der Waals surface area contributed by atoms with Gasteiger partial charge in [0, 0.05) is 23.0 Å². The van der Waals surface area contributed by atoms with Gasteiger partial charge in [0.25, 0.3) is 0 Å². The van der Waals surface area contributed by atoms with Crippen LogP contribution in [0.25, 0.3) is 17.4 Å². The van der Waals surface area contributed by atoms with Gasteiger partial charge in [0.1, 0.15) is 11.5 Å². The Labute approximate surface area is 154 Å². The van der Waals surface area contributed by atoms with Gasteiger partial charge in [-0.05, 0) is 60.7 Å². The lowest BCUT2D eigenvalue weighted by Crippen LogP contribution is -2.07. The van der Waals surface area contributed by atoms with Crippen LogP contribution in [0.1, 0.15) is 5.76 Å². The molecule has 0 fully saturated rings. The largest absolute Gasteiger partial charge is 0.457 e. The smallest absolute Gasteiger partial charge is 0.248 e. The molecule has 0 aliphatic carbocycles. The first-order chi connectivity index (χ1) is 12.0. The number of carbonyl (C=O) groups excluding carboxylic acids is 1. The Balaban J connectivity index is 1.67. The first kappa shape index (κ1) is 17.1. The number of nitrogens with two attached hydrogens (primary N) is 1. The summed E-state index contributed by atoms with van der Waals surface area (Å²) in [5, 5.41) is 3.67. The van der Waals surface area contributed by atoms with Crippen LogP contribution in [0.5, 0.6) is 0 Å². The average molecular weight is 373 g/mol. The van der Waals surface area contributed by atoms with Crippen LogP contribution < -0.4 is 11.1 Å². The maximum absolute atomic E-state index is 11.9. The van der Waals surface area contributed by atoms with Crippen molar-refractivity contribution in [2.75, 3.05) is 11.1 Å². The van der Waals surface area contributed by atoms with Crippen LogP contribution in [-0.4, -0.2) is 5.91 Å². The van der Waals surface area contributed by atoms with Crippen molar-refractivity contribution in [1.29, 1.82) is 0 Å². The van der Waals surface area contributed by atoms with E-state index in [1.54, 1.807) is 54.6 Å². The summed E-state index contributed by atoms with van der Waals surface area (Å²) >= 11 is 11.9. The molecule has 4 nitrogen and oxygen atoms in total. The molecule has 1 heterocycles. The second-order valence-corrected chi connectivity index (χ2v) is 6.09. The monoisotopic (exact) mass is 372 g/mol. The number of amides is 1. The van der Waals surface area contributed by atoms with Gasteiger partial charge in [-0.3, -0.25) is 4.79 Å². The highest BCUT2D eigenvalue weighted by Crippen LogP contribution is 2.29. The van der Waals surface area contributed by atoms with E-state index in [4.69, 9.17) is 33.4 Å². The second-order valence-electron chi connectivity index (χ2n) is 5.28. The quantitative estimate of drug-likeness (QED) is 0.470. The van der Waals surface area contributed by atoms with Crippen molar-refractivity contribution in [2.24, 2.45) is 0 Å². The standard InChI is InChI=1S/C19H14Cl2N2O2/c20-16-8-1-12(11-17(16)21)18-9-6-15(25-18)7-10-19(24)23-14-4-2-13(22)3-5-14/h1-11H,22H2,(H,23,24)/b10-7+. The fourth-order valence-corrected chi connectivity index (χ4v) is 2.45. The van der Waals surface area contributed by atoms with Crippen molar-refractivity contribution in [3.63, 3.8) is 0 Å². The molecule has 0 atom stereocenters. The highest BCUT2D eigenvalue weighted by molar-refractivity contribution is 6.42. The maximum Gasteiger partial charge on any atom is 0.248 e. The molecule has 0 spiro atoms. The Morgan fingerprint density at radius 2 is 1.76 bits per heavy atom. The summed E-state index contributed by atoms with van der Waals surface area (Å²) in [4.78, 5) is 11.9. The van der Waals surface area contributed by atoms with E-state index >= 15 is 0 Å². The summed E-state index contributed by atoms with van der Waals surface area (Å²) in [6.45, 7) is 0. The van der Waals surface area contributed by atoms with E-state index in [2.05, 4.69) is 5.32 Å². The van der Waals surface area contributed by atoms with E-state index < -0.39 is 0 Å². The minimum atomic E-state index is -0.266. The van der Waals surface area contributed by atoms with Crippen LogP contribution in [0.3, 0.4) is 0 Å². The Morgan fingerprint density at radius 3 is 2.48 bits per heavy atom. The molecular weight excluding hydrogens is 359 g/mol. The summed E-state index contributed by atoms with van der Waals surface area (Å²) in [5.74, 6) is 0.919. The van der Waals surface area contributed by atoms with E-state index in [0.29, 0.717) is 32.9 Å². The molecule has 25 heavy (non-hydrogen) atoms. The minimum Gasteiger partial charge on any atom is -0.457 e. The van der Waals surface area contributed by atoms with E-state index in [1.165, 1.54) is 6.08 Å². The van der Waals surface area contributed by atoms with Gasteiger partial charge in [-0.2, -0.15) is 0 Å². The zero-order valence-corrected chi connectivity index (χ0v) is 14.5. The van der Waals surface area contributed by atoms with Crippen molar-refractivity contribution >= 4 is 46.6 Å². The van der Waals surface area contributed by atoms with Crippen molar-refractivity contribution in [3.05, 3.63) is 76.5 Å². The first-order valence-corrected chi connectivity index (χ1v) is 8.17. The molecule has 1 aromatic heterocycles. The Bertz CT molecular complexity index is 931. The van der Waals surface area contributed by atoms with E-state index in [1.807, 2.05) is 6.07 Å². The molecule has 3 N–H and O–H groups in total. The van der Waals surface area contributed by atoms with Crippen LogP contribution in [0.4, 0.5) is 11.4 Å². The molecule has 0 bridgehead atoms. The summed E-state index contributed by atoms with van der Waals surface area (Å²) in [5.41, 5.74) is 7.72. The number of rotatable bonds is 4. The van der Waals surface area contributed by atoms with Crippen molar-refractivity contribution in [1.82, 2.24) is 0 Å². The normalized spacial score (nSPS) is 11.0. The number of furan rings is 1. The van der Waals surface area contributed by atoms with E-state index in [-0.39, 0.29) is 5.91 Å². The number of hydrogen-bond donors (Lipinski definition) is 2. The zero-order chi connectivity index (χ0) is 17.8. The number of anilines is 2. The number of benzene rings is 2. The second kappa shape index (κ2) is 7.47. The van der Waals surface area contributed by atoms with Gasteiger partial charge in [0.2, 0.25) is 5.91 Å². The predicted octanol–water partition coefficient (Wildman–Crippen LogP) is 5.49. The molecule has 2 aromatic carbocycles. The predicted molar refractivity (Wildman–Crippen MR) is 103 cm³/mol. The van der Waals surface area contributed by atoms with Gasteiger partial charge in [0.05, 0.1) is 10.0 Å². The highest BCUT2D eigenvalue weighted by atomic mass is 35.5. The fraction of sp³-hybridized carbons (Fsp3) is 0. The van der Waals surface area contributed by atoms with Crippen LogP contribution >= 0.6 is 23.2 Å². The number of nitrogen functional groups attached to an aromatic ring is 1. The minimum absolute atomic E-state index is 0.266. The topological polar surface area (TPSA) is 68.3 Å². The molecule has 0 saturated heterocycles. The molecule has 0 radical (unpaired) electrons. The van der Waals surface area contributed by atoms with E-state index in [0.717, 1.165) is 5.56 Å². The summed E-state index contributed by atoms with van der Waals surface area (Å²) in [6.07, 6.45) is 2.99. The van der Waals surface area contributed by atoms with Gasteiger partial charge >= 0.3 is 0 Å². The Hall–Kier alpha value is -2.69. The van der Waals surface area contributed by atoms with Gasteiger partial charge in [-0.25, -0.2) is 0 Å². The molecule has 0 saturated carbocycles. The Morgan fingerprint density at radius 1 is 1.00 bits per heavy atom. The fourth-order valence-electron chi connectivity index (χ4n) is 2.16. The van der Waals surface area contributed by atoms with E-state index in [9.17, 15) is 4.79 Å². The number of hydrogen-bond acceptors (Lipinski definition) is 3. The number of halogens is 2. The Kier molecular flexibility index (Phi) is 5.12. The molecular formula is C19H14Cl2N2O2. The lowest BCUT2D eigenvalue weighted by molar-refractivity contribution is -0.111. The van der Waals surface area contributed by atoms with Crippen LogP contribution in [-0.2, 0) is 4.79 Å². The van der Waals surface area contributed by atoms with Gasteiger partial charge < -0.3 is 15.5 Å². The summed E-state index contributed by atoms with van der Waals surface area (Å²) in [7, 11) is 0. The first-order valence-electron chi connectivity index (χ1n) is 7.41. The SMILES string of the molecule is Nc1ccc(NC(=O)/C=C/c2ccc(-c3ccc(Cl)c(Cl)c3)o2)cc1. The third-order valence-electron chi connectivity index (χ3n) is 3.41. The molecule has 0 aliphatic rings. The molecule has 1 amide bonds. The lowest BCUT2D eigenvalue weighted by atomic mass is 10.2. The van der Waals surface area contributed by atoms with Gasteiger partial charge in [-0.1, -0.05) is 23.2 Å². The average Bonchev–Trinajstić information content (AvgIpc) is 3.07. The van der Waals surface area contributed by atoms with Gasteiger partial charge in [-0.15, -0.1) is 0 Å². The van der Waals surface area contributed by atoms with Crippen LogP contribution in [0.15, 0.2) is 65.1 Å². The molecule has 0 unspecified atom stereocenters. The highest BCUT2D eigenvalue weighted by Gasteiger charge is 2.06. The lowest BCUT2D eigenvalue weighted by Gasteiger charge is -2.01. The third kappa shape index (κ3) is 4.44. The molecule has 0 aliphatic heterocycles. The molecule has 6 heteroatoms. The summed E-state index contributed by atoms with van der Waals surface area (Å²) in [6, 6.07) is 15.7. The van der Waals surface area contributed by atoms with Crippen LogP contribution in [0.2, 0.25) is 10.0 Å². The molecule has 3 rings (SSSR count). The van der Waals surface area contributed by atoms with Crippen LogP contribution in [0, 0.1) is 0 Å². The number of carbonyl (C=O) groups is 1. The summed E-state index contributed by atoms with van der Waals surface area (Å²) < 4.78 is 5.70. The van der Waals surface area contributed by atoms with Crippen molar-refractivity contribution in [3.8, 4) is 11.3 Å². The number of nitrogens with one attached hydrogen (secondary N) is 1. The van der Waals surface area contributed by atoms with Gasteiger partial charge in [0.15, 0.2) is 0 Å². The molecule has 3 aromatic rings. The van der Waals surface area contributed by atoms with Crippen molar-refractivity contribution < 1.29 is 9.21 Å². The van der Waals surface area contributed by atoms with Crippen molar-refractivity contribution in [2.45, 2.75) is 0 Å². The third-order valence-corrected chi connectivity index (χ3v) is 4.15. The maximum atomic E-state index is 11.9. The zero-order valence-electron chi connectivity index (χ0n) is 13.0.